The van der Waals surface area contributed by atoms with Gasteiger partial charge in [0, 0.05) is 22.7 Å². The number of carbonyl (C=O) groups is 1. The van der Waals surface area contributed by atoms with Crippen LogP contribution in [-0.4, -0.2) is 15.9 Å². The molecule has 2 heterocycles. The van der Waals surface area contributed by atoms with Crippen molar-refractivity contribution in [2.24, 2.45) is 0 Å². The summed E-state index contributed by atoms with van der Waals surface area (Å²) >= 11 is 0. The van der Waals surface area contributed by atoms with Crippen molar-refractivity contribution in [2.75, 3.05) is 5.32 Å². The van der Waals surface area contributed by atoms with Gasteiger partial charge < -0.3 is 9.40 Å². The molecule has 4 rings (SSSR count). The van der Waals surface area contributed by atoms with Crippen LogP contribution in [0.2, 0.25) is 0 Å². The number of rotatable bonds is 2. The summed E-state index contributed by atoms with van der Waals surface area (Å²) in [5.74, 6) is -0.244. The number of anilines is 1. The molecule has 5 nitrogen and oxygen atoms in total. The van der Waals surface area contributed by atoms with Crippen LogP contribution in [0.4, 0.5) is 6.01 Å². The highest BCUT2D eigenvalue weighted by Gasteiger charge is 2.13. The van der Waals surface area contributed by atoms with Gasteiger partial charge >= 0.3 is 6.01 Å². The fourth-order valence-corrected chi connectivity index (χ4v) is 2.37. The minimum Gasteiger partial charge on any atom is -0.423 e. The second-order valence-corrected chi connectivity index (χ2v) is 4.69. The number of hydrogen-bond donors (Lipinski definition) is 2. The number of benzene rings is 2. The van der Waals surface area contributed by atoms with Crippen LogP contribution in [0.25, 0.3) is 22.0 Å². The Labute approximate surface area is 119 Å². The Kier molecular flexibility index (Phi) is 2.50. The number of amides is 1. The van der Waals surface area contributed by atoms with E-state index in [1.807, 2.05) is 42.5 Å². The van der Waals surface area contributed by atoms with Crippen LogP contribution in [-0.2, 0) is 0 Å². The van der Waals surface area contributed by atoms with Gasteiger partial charge in [0.25, 0.3) is 5.91 Å². The van der Waals surface area contributed by atoms with Crippen LogP contribution >= 0.6 is 0 Å². The summed E-state index contributed by atoms with van der Waals surface area (Å²) in [5.41, 5.74) is 2.86. The number of fused-ring (bicyclic) bond motifs is 2. The highest BCUT2D eigenvalue weighted by atomic mass is 16.4. The average molecular weight is 277 g/mol. The fraction of sp³-hybridized carbons (Fsp3) is 0. The van der Waals surface area contributed by atoms with Crippen LogP contribution in [0.3, 0.4) is 0 Å². The summed E-state index contributed by atoms with van der Waals surface area (Å²) in [6.07, 6.45) is 1.81. The lowest BCUT2D eigenvalue weighted by Gasteiger charge is -2.02. The van der Waals surface area contributed by atoms with Crippen molar-refractivity contribution < 1.29 is 9.21 Å². The Balaban J connectivity index is 1.70. The number of hydrogen-bond acceptors (Lipinski definition) is 3. The van der Waals surface area contributed by atoms with Crippen LogP contribution in [0.1, 0.15) is 10.4 Å². The van der Waals surface area contributed by atoms with Gasteiger partial charge in [0.2, 0.25) is 0 Å². The third-order valence-corrected chi connectivity index (χ3v) is 3.35. The summed E-state index contributed by atoms with van der Waals surface area (Å²) in [7, 11) is 0. The van der Waals surface area contributed by atoms with Gasteiger partial charge in [-0.3, -0.25) is 10.1 Å². The molecule has 4 aromatic rings. The molecular formula is C16H11N3O2. The molecule has 0 saturated heterocycles. The zero-order chi connectivity index (χ0) is 14.2. The Morgan fingerprint density at radius 3 is 2.90 bits per heavy atom. The first-order valence-corrected chi connectivity index (χ1v) is 6.54. The highest BCUT2D eigenvalue weighted by molar-refractivity contribution is 6.12. The Morgan fingerprint density at radius 1 is 1.10 bits per heavy atom. The molecule has 0 aliphatic heterocycles. The first kappa shape index (κ1) is 11.7. The van der Waals surface area contributed by atoms with Crippen molar-refractivity contribution in [2.45, 2.75) is 0 Å². The molecule has 5 heteroatoms. The zero-order valence-corrected chi connectivity index (χ0v) is 11.0. The Hall–Kier alpha value is -3.08. The minimum absolute atomic E-state index is 0.203. The molecule has 2 aromatic carbocycles. The van der Waals surface area contributed by atoms with Crippen molar-refractivity contribution in [3.63, 3.8) is 0 Å². The van der Waals surface area contributed by atoms with E-state index in [9.17, 15) is 4.79 Å². The SMILES string of the molecule is O=C(Nc1nc2ccccc2o1)c1cccc2[nH]ccc12. The van der Waals surface area contributed by atoms with Crippen molar-refractivity contribution in [1.82, 2.24) is 9.97 Å². The first-order chi connectivity index (χ1) is 10.3. The monoisotopic (exact) mass is 277 g/mol. The lowest BCUT2D eigenvalue weighted by Crippen LogP contribution is -2.12. The molecule has 0 bridgehead atoms. The Bertz CT molecular complexity index is 919. The molecule has 0 atom stereocenters. The van der Waals surface area contributed by atoms with E-state index in [1.165, 1.54) is 0 Å². The van der Waals surface area contributed by atoms with E-state index in [0.717, 1.165) is 10.9 Å². The minimum atomic E-state index is -0.244. The molecule has 0 unspecified atom stereocenters. The Morgan fingerprint density at radius 2 is 2.00 bits per heavy atom. The molecule has 0 saturated carbocycles. The maximum Gasteiger partial charge on any atom is 0.302 e. The van der Waals surface area contributed by atoms with E-state index in [4.69, 9.17) is 4.42 Å². The molecule has 0 spiro atoms. The molecule has 0 fully saturated rings. The number of aromatic nitrogens is 2. The number of nitrogens with zero attached hydrogens (tertiary/aromatic N) is 1. The number of oxazole rings is 1. The molecule has 0 aliphatic rings. The van der Waals surface area contributed by atoms with Crippen molar-refractivity contribution in [1.29, 1.82) is 0 Å². The largest absolute Gasteiger partial charge is 0.423 e. The number of H-pyrrole nitrogens is 1. The second-order valence-electron chi connectivity index (χ2n) is 4.69. The van der Waals surface area contributed by atoms with Crippen molar-refractivity contribution in [3.8, 4) is 0 Å². The molecule has 2 N–H and O–H groups in total. The van der Waals surface area contributed by atoms with Gasteiger partial charge in [-0.15, -0.1) is 0 Å². The summed E-state index contributed by atoms with van der Waals surface area (Å²) in [6.45, 7) is 0. The van der Waals surface area contributed by atoms with Crippen LogP contribution in [0.5, 0.6) is 0 Å². The van der Waals surface area contributed by atoms with Gasteiger partial charge in [-0.25, -0.2) is 0 Å². The van der Waals surface area contributed by atoms with E-state index in [-0.39, 0.29) is 11.9 Å². The van der Waals surface area contributed by atoms with E-state index in [1.54, 1.807) is 12.3 Å². The van der Waals surface area contributed by atoms with Gasteiger partial charge in [0.1, 0.15) is 5.52 Å². The molecule has 2 aromatic heterocycles. The zero-order valence-electron chi connectivity index (χ0n) is 11.0. The van der Waals surface area contributed by atoms with Gasteiger partial charge in [-0.05, 0) is 30.3 Å². The fourth-order valence-electron chi connectivity index (χ4n) is 2.37. The number of nitrogens with one attached hydrogen (secondary N) is 2. The van der Waals surface area contributed by atoms with E-state index in [0.29, 0.717) is 16.7 Å². The topological polar surface area (TPSA) is 70.9 Å². The molecule has 21 heavy (non-hydrogen) atoms. The maximum absolute atomic E-state index is 12.4. The van der Waals surface area contributed by atoms with Crippen LogP contribution in [0.15, 0.2) is 59.1 Å². The van der Waals surface area contributed by atoms with Crippen molar-refractivity contribution >= 4 is 33.9 Å². The molecule has 0 radical (unpaired) electrons. The maximum atomic E-state index is 12.4. The van der Waals surface area contributed by atoms with Gasteiger partial charge in [0.15, 0.2) is 5.58 Å². The molecular weight excluding hydrogens is 266 g/mol. The average Bonchev–Trinajstić information content (AvgIpc) is 3.12. The predicted molar refractivity (Wildman–Crippen MR) is 80.3 cm³/mol. The summed E-state index contributed by atoms with van der Waals surface area (Å²) in [6, 6.07) is 15.0. The van der Waals surface area contributed by atoms with E-state index >= 15 is 0 Å². The third kappa shape index (κ3) is 1.95. The van der Waals surface area contributed by atoms with E-state index in [2.05, 4.69) is 15.3 Å². The third-order valence-electron chi connectivity index (χ3n) is 3.35. The van der Waals surface area contributed by atoms with Crippen LogP contribution in [0, 0.1) is 0 Å². The highest BCUT2D eigenvalue weighted by Crippen LogP contribution is 2.21. The number of carbonyl (C=O) groups excluding carboxylic acids is 1. The normalized spacial score (nSPS) is 11.0. The first-order valence-electron chi connectivity index (χ1n) is 6.54. The standard InChI is InChI=1S/C16H11N3O2/c20-15(11-4-3-6-12-10(11)8-9-17-12)19-16-18-13-5-1-2-7-14(13)21-16/h1-9,17H,(H,18,19,20). The summed E-state index contributed by atoms with van der Waals surface area (Å²) < 4.78 is 5.50. The second kappa shape index (κ2) is 4.49. The lowest BCUT2D eigenvalue weighted by molar-refractivity contribution is 0.102. The molecule has 102 valence electrons. The van der Waals surface area contributed by atoms with E-state index < -0.39 is 0 Å². The predicted octanol–water partition coefficient (Wildman–Crippen LogP) is 3.56. The van der Waals surface area contributed by atoms with Gasteiger partial charge in [0.05, 0.1) is 0 Å². The van der Waals surface area contributed by atoms with Gasteiger partial charge in [-0.1, -0.05) is 18.2 Å². The molecule has 1 amide bonds. The summed E-state index contributed by atoms with van der Waals surface area (Å²) in [4.78, 5) is 19.7. The number of para-hydroxylation sites is 2. The van der Waals surface area contributed by atoms with Gasteiger partial charge in [-0.2, -0.15) is 4.98 Å². The van der Waals surface area contributed by atoms with Crippen LogP contribution < -0.4 is 5.32 Å². The summed E-state index contributed by atoms with van der Waals surface area (Å²) in [5, 5.41) is 3.57. The van der Waals surface area contributed by atoms with Crippen molar-refractivity contribution in [3.05, 3.63) is 60.3 Å². The smallest absolute Gasteiger partial charge is 0.302 e. The lowest BCUT2D eigenvalue weighted by atomic mass is 10.1. The molecule has 0 aliphatic carbocycles. The number of aromatic amines is 1. The quantitative estimate of drug-likeness (QED) is 0.588.